The van der Waals surface area contributed by atoms with E-state index in [1.807, 2.05) is 37.3 Å². The van der Waals surface area contributed by atoms with Crippen LogP contribution < -0.4 is 4.74 Å². The number of rotatable bonds is 6. The third-order valence-corrected chi connectivity index (χ3v) is 4.98. The van der Waals surface area contributed by atoms with Gasteiger partial charge < -0.3 is 19.2 Å². The second kappa shape index (κ2) is 8.29. The SMILES string of the molecule is CCOc1cccc(/C(O)=C2\C(=O)C(=O)N(Cc3ccco3)C2c2ccccc2)c1. The molecule has 0 spiro atoms. The molecule has 0 saturated carbocycles. The monoisotopic (exact) mass is 403 g/mol. The molecule has 2 aromatic carbocycles. The number of nitrogens with zero attached hydrogens (tertiary/aromatic N) is 1. The maximum atomic E-state index is 13.0. The van der Waals surface area contributed by atoms with E-state index in [1.165, 1.54) is 11.2 Å². The number of likely N-dealkylation sites (tertiary alicyclic amines) is 1. The lowest BCUT2D eigenvalue weighted by atomic mass is 9.95. The molecule has 1 aliphatic heterocycles. The minimum absolute atomic E-state index is 0.0476. The van der Waals surface area contributed by atoms with Crippen LogP contribution in [-0.4, -0.2) is 28.3 Å². The highest BCUT2D eigenvalue weighted by Gasteiger charge is 2.46. The molecular weight excluding hydrogens is 382 g/mol. The molecule has 0 radical (unpaired) electrons. The molecule has 0 aliphatic carbocycles. The molecule has 1 N–H and O–H groups in total. The molecular formula is C24H21NO5. The summed E-state index contributed by atoms with van der Waals surface area (Å²) in [5, 5.41) is 11.1. The maximum Gasteiger partial charge on any atom is 0.296 e. The summed E-state index contributed by atoms with van der Waals surface area (Å²) in [7, 11) is 0. The first kappa shape index (κ1) is 19.5. The largest absolute Gasteiger partial charge is 0.507 e. The highest BCUT2D eigenvalue weighted by Crippen LogP contribution is 2.40. The Morgan fingerprint density at radius 3 is 2.57 bits per heavy atom. The van der Waals surface area contributed by atoms with E-state index in [0.717, 1.165) is 5.56 Å². The van der Waals surface area contributed by atoms with E-state index in [1.54, 1.807) is 36.4 Å². The van der Waals surface area contributed by atoms with Crippen molar-refractivity contribution in [2.24, 2.45) is 0 Å². The fourth-order valence-electron chi connectivity index (χ4n) is 3.65. The lowest BCUT2D eigenvalue weighted by molar-refractivity contribution is -0.140. The van der Waals surface area contributed by atoms with E-state index < -0.39 is 17.7 Å². The molecule has 4 rings (SSSR count). The van der Waals surface area contributed by atoms with Crippen molar-refractivity contribution in [1.82, 2.24) is 4.90 Å². The molecule has 1 atom stereocenters. The Bertz CT molecular complexity index is 1090. The molecule has 1 aliphatic rings. The predicted octanol–water partition coefficient (Wildman–Crippen LogP) is 4.30. The second-order valence-electron chi connectivity index (χ2n) is 6.88. The van der Waals surface area contributed by atoms with Crippen LogP contribution in [0.25, 0.3) is 5.76 Å². The number of hydrogen-bond acceptors (Lipinski definition) is 5. The van der Waals surface area contributed by atoms with Crippen LogP contribution in [0.3, 0.4) is 0 Å². The highest BCUT2D eigenvalue weighted by molar-refractivity contribution is 6.46. The molecule has 3 aromatic rings. The summed E-state index contributed by atoms with van der Waals surface area (Å²) in [6.07, 6.45) is 1.52. The smallest absolute Gasteiger partial charge is 0.296 e. The fraction of sp³-hybridized carbons (Fsp3) is 0.167. The van der Waals surface area contributed by atoms with Crippen LogP contribution in [0.1, 0.15) is 29.9 Å². The van der Waals surface area contributed by atoms with Crippen LogP contribution in [0, 0.1) is 0 Å². The van der Waals surface area contributed by atoms with E-state index in [4.69, 9.17) is 9.15 Å². The normalized spacial score (nSPS) is 18.0. The lowest BCUT2D eigenvalue weighted by Gasteiger charge is -2.24. The van der Waals surface area contributed by atoms with Crippen molar-refractivity contribution < 1.29 is 23.8 Å². The van der Waals surface area contributed by atoms with Crippen LogP contribution in [0.15, 0.2) is 83.0 Å². The molecule has 6 heteroatoms. The average Bonchev–Trinajstić information content (AvgIpc) is 3.37. The zero-order valence-electron chi connectivity index (χ0n) is 16.4. The van der Waals surface area contributed by atoms with Crippen molar-refractivity contribution in [3.63, 3.8) is 0 Å². The molecule has 152 valence electrons. The molecule has 1 unspecified atom stereocenters. The zero-order chi connectivity index (χ0) is 21.1. The van der Waals surface area contributed by atoms with E-state index in [-0.39, 0.29) is 17.9 Å². The van der Waals surface area contributed by atoms with E-state index in [2.05, 4.69) is 0 Å². The summed E-state index contributed by atoms with van der Waals surface area (Å²) in [5.74, 6) is -0.512. The van der Waals surface area contributed by atoms with Crippen LogP contribution in [0.2, 0.25) is 0 Å². The molecule has 1 aromatic heterocycles. The summed E-state index contributed by atoms with van der Waals surface area (Å²) in [6, 6.07) is 18.7. The van der Waals surface area contributed by atoms with Gasteiger partial charge in [-0.05, 0) is 36.8 Å². The molecule has 0 bridgehead atoms. The van der Waals surface area contributed by atoms with Gasteiger partial charge in [0, 0.05) is 5.56 Å². The Morgan fingerprint density at radius 2 is 1.87 bits per heavy atom. The number of carbonyl (C=O) groups is 2. The van der Waals surface area contributed by atoms with Gasteiger partial charge in [-0.2, -0.15) is 0 Å². The standard InChI is InChI=1S/C24H21NO5/c1-2-29-18-11-6-10-17(14-18)22(26)20-21(16-8-4-3-5-9-16)25(24(28)23(20)27)15-19-12-7-13-30-19/h3-14,21,26H,2,15H2,1H3/b22-20+. The number of ketones is 1. The summed E-state index contributed by atoms with van der Waals surface area (Å²) < 4.78 is 10.9. The van der Waals surface area contributed by atoms with Gasteiger partial charge >= 0.3 is 0 Å². The van der Waals surface area contributed by atoms with Gasteiger partial charge in [-0.25, -0.2) is 0 Å². The quantitative estimate of drug-likeness (QED) is 0.377. The van der Waals surface area contributed by atoms with Crippen molar-refractivity contribution in [3.8, 4) is 5.75 Å². The maximum absolute atomic E-state index is 13.0. The van der Waals surface area contributed by atoms with Gasteiger partial charge in [0.2, 0.25) is 0 Å². The number of aliphatic hydroxyl groups is 1. The van der Waals surface area contributed by atoms with Gasteiger partial charge in [0.15, 0.2) is 0 Å². The van der Waals surface area contributed by atoms with Crippen molar-refractivity contribution in [2.45, 2.75) is 19.5 Å². The highest BCUT2D eigenvalue weighted by atomic mass is 16.5. The first-order valence-electron chi connectivity index (χ1n) is 9.69. The van der Waals surface area contributed by atoms with Crippen LogP contribution in [0.5, 0.6) is 5.75 Å². The molecule has 1 fully saturated rings. The second-order valence-corrected chi connectivity index (χ2v) is 6.88. The van der Waals surface area contributed by atoms with E-state index >= 15 is 0 Å². The van der Waals surface area contributed by atoms with Crippen molar-refractivity contribution in [2.75, 3.05) is 6.61 Å². The number of benzene rings is 2. The zero-order valence-corrected chi connectivity index (χ0v) is 16.4. The van der Waals surface area contributed by atoms with Crippen molar-refractivity contribution >= 4 is 17.4 Å². The number of hydrogen-bond donors (Lipinski definition) is 1. The topological polar surface area (TPSA) is 80.0 Å². The van der Waals surface area contributed by atoms with Crippen LogP contribution in [-0.2, 0) is 16.1 Å². The summed E-state index contributed by atoms with van der Waals surface area (Å²) in [4.78, 5) is 27.3. The van der Waals surface area contributed by atoms with E-state index in [0.29, 0.717) is 23.7 Å². The molecule has 1 saturated heterocycles. The van der Waals surface area contributed by atoms with Gasteiger partial charge in [-0.3, -0.25) is 9.59 Å². The third-order valence-electron chi connectivity index (χ3n) is 4.98. The Morgan fingerprint density at radius 1 is 1.07 bits per heavy atom. The van der Waals surface area contributed by atoms with Gasteiger partial charge in [-0.1, -0.05) is 42.5 Å². The van der Waals surface area contributed by atoms with E-state index in [9.17, 15) is 14.7 Å². The van der Waals surface area contributed by atoms with Crippen molar-refractivity contribution in [3.05, 3.63) is 95.5 Å². The third kappa shape index (κ3) is 3.59. The fourth-order valence-corrected chi connectivity index (χ4v) is 3.65. The average molecular weight is 403 g/mol. The Labute approximate surface area is 174 Å². The number of amides is 1. The Hall–Kier alpha value is -3.80. The minimum atomic E-state index is -0.730. The number of Topliss-reactive ketones (excluding diaryl/α,β-unsaturated/α-hetero) is 1. The number of carbonyl (C=O) groups excluding carboxylic acids is 2. The summed E-state index contributed by atoms with van der Waals surface area (Å²) in [5.41, 5.74) is 1.19. The summed E-state index contributed by atoms with van der Waals surface area (Å²) >= 11 is 0. The summed E-state index contributed by atoms with van der Waals surface area (Å²) in [6.45, 7) is 2.46. The lowest BCUT2D eigenvalue weighted by Crippen LogP contribution is -2.29. The molecule has 2 heterocycles. The first-order chi connectivity index (χ1) is 14.6. The van der Waals surface area contributed by atoms with Gasteiger partial charge in [0.25, 0.3) is 11.7 Å². The molecule has 6 nitrogen and oxygen atoms in total. The Kier molecular flexibility index (Phi) is 5.39. The van der Waals surface area contributed by atoms with Crippen LogP contribution >= 0.6 is 0 Å². The van der Waals surface area contributed by atoms with Crippen LogP contribution in [0.4, 0.5) is 0 Å². The van der Waals surface area contributed by atoms with Crippen molar-refractivity contribution in [1.29, 1.82) is 0 Å². The first-order valence-corrected chi connectivity index (χ1v) is 9.69. The van der Waals surface area contributed by atoms with Gasteiger partial charge in [0.05, 0.1) is 31.0 Å². The number of ether oxygens (including phenoxy) is 1. The number of aliphatic hydroxyl groups excluding tert-OH is 1. The number of furan rings is 1. The molecule has 1 amide bonds. The van der Waals surface area contributed by atoms with Gasteiger partial charge in [0.1, 0.15) is 17.3 Å². The molecule has 30 heavy (non-hydrogen) atoms. The predicted molar refractivity (Wildman–Crippen MR) is 111 cm³/mol. The Balaban J connectivity index is 1.84. The minimum Gasteiger partial charge on any atom is -0.507 e. The van der Waals surface area contributed by atoms with Gasteiger partial charge in [-0.15, -0.1) is 0 Å².